The van der Waals surface area contributed by atoms with Crippen molar-refractivity contribution >= 4 is 29.2 Å². The average molecular weight is 257 g/mol. The van der Waals surface area contributed by atoms with Crippen molar-refractivity contribution in [2.75, 3.05) is 26.4 Å². The first-order valence-electron chi connectivity index (χ1n) is 4.83. The van der Waals surface area contributed by atoms with Crippen LogP contribution in [0.5, 0.6) is 0 Å². The fourth-order valence-corrected chi connectivity index (χ4v) is 1.43. The van der Waals surface area contributed by atoms with E-state index < -0.39 is 5.97 Å². The number of para-hydroxylation sites is 1. The summed E-state index contributed by atoms with van der Waals surface area (Å²) in [5.74, 6) is -0.878. The molecule has 0 aliphatic carbocycles. The second-order valence-corrected chi connectivity index (χ2v) is 3.85. The van der Waals surface area contributed by atoms with Gasteiger partial charge in [-0.1, -0.05) is 17.7 Å². The van der Waals surface area contributed by atoms with Crippen LogP contribution in [0, 0.1) is 0 Å². The Balaban J connectivity index is 2.89. The van der Waals surface area contributed by atoms with E-state index in [-0.39, 0.29) is 23.7 Å². The van der Waals surface area contributed by atoms with Gasteiger partial charge in [0.05, 0.1) is 23.4 Å². The first-order valence-corrected chi connectivity index (χ1v) is 5.21. The molecule has 92 valence electrons. The number of nitrogens with zero attached hydrogens (tertiary/aromatic N) is 1. The molecule has 1 aromatic carbocycles. The number of hydrogen-bond donors (Lipinski definition) is 1. The van der Waals surface area contributed by atoms with E-state index in [4.69, 9.17) is 17.3 Å². The Morgan fingerprint density at radius 3 is 2.71 bits per heavy atom. The number of benzene rings is 1. The minimum Gasteiger partial charge on any atom is -0.468 e. The highest BCUT2D eigenvalue weighted by Crippen LogP contribution is 2.23. The lowest BCUT2D eigenvalue weighted by molar-refractivity contribution is -0.141. The maximum absolute atomic E-state index is 11.9. The second kappa shape index (κ2) is 5.54. The molecule has 1 amide bonds. The third kappa shape index (κ3) is 3.10. The number of rotatable bonds is 3. The summed E-state index contributed by atoms with van der Waals surface area (Å²) in [5, 5.41) is 0.308. The van der Waals surface area contributed by atoms with Crippen molar-refractivity contribution < 1.29 is 14.3 Å². The molecule has 0 radical (unpaired) electrons. The van der Waals surface area contributed by atoms with E-state index in [0.29, 0.717) is 5.02 Å². The van der Waals surface area contributed by atoms with Crippen LogP contribution in [0.2, 0.25) is 5.02 Å². The van der Waals surface area contributed by atoms with Crippen LogP contribution in [0.25, 0.3) is 0 Å². The molecule has 0 aliphatic rings. The van der Waals surface area contributed by atoms with E-state index in [1.54, 1.807) is 18.2 Å². The van der Waals surface area contributed by atoms with Gasteiger partial charge in [0.2, 0.25) is 0 Å². The van der Waals surface area contributed by atoms with Crippen LogP contribution in [-0.4, -0.2) is 37.5 Å². The number of ether oxygens (including phenoxy) is 1. The third-order valence-electron chi connectivity index (χ3n) is 2.22. The number of nitrogens with two attached hydrogens (primary N) is 1. The summed E-state index contributed by atoms with van der Waals surface area (Å²) in [6.45, 7) is -0.138. The number of amides is 1. The standard InChI is InChI=1S/C11H13ClN2O3/c1-14(6-9(15)17-2)11(16)7-4-3-5-8(12)10(7)13/h3-5H,6,13H2,1-2H3. The molecule has 0 aromatic heterocycles. The molecule has 6 heteroatoms. The highest BCUT2D eigenvalue weighted by molar-refractivity contribution is 6.33. The van der Waals surface area contributed by atoms with E-state index in [9.17, 15) is 9.59 Å². The van der Waals surface area contributed by atoms with E-state index in [1.807, 2.05) is 0 Å². The molecule has 0 bridgehead atoms. The topological polar surface area (TPSA) is 72.6 Å². The minimum absolute atomic E-state index is 0.138. The maximum Gasteiger partial charge on any atom is 0.325 e. The molecule has 0 unspecified atom stereocenters. The van der Waals surface area contributed by atoms with Crippen molar-refractivity contribution in [2.24, 2.45) is 0 Å². The van der Waals surface area contributed by atoms with Crippen LogP contribution in [0.15, 0.2) is 18.2 Å². The Labute approximate surface area is 104 Å². The molecule has 0 saturated heterocycles. The van der Waals surface area contributed by atoms with Gasteiger partial charge < -0.3 is 15.4 Å². The number of esters is 1. The van der Waals surface area contributed by atoms with Gasteiger partial charge >= 0.3 is 5.97 Å². The fraction of sp³-hybridized carbons (Fsp3) is 0.273. The first-order chi connectivity index (χ1) is 7.97. The molecular weight excluding hydrogens is 244 g/mol. The van der Waals surface area contributed by atoms with E-state index >= 15 is 0 Å². The molecule has 0 saturated carbocycles. The predicted molar refractivity (Wildman–Crippen MR) is 64.8 cm³/mol. The summed E-state index contributed by atoms with van der Waals surface area (Å²) in [6, 6.07) is 4.77. The summed E-state index contributed by atoms with van der Waals surface area (Å²) < 4.78 is 4.47. The molecule has 1 aromatic rings. The fourth-order valence-electron chi connectivity index (χ4n) is 1.26. The smallest absolute Gasteiger partial charge is 0.325 e. The number of hydrogen-bond acceptors (Lipinski definition) is 4. The zero-order valence-electron chi connectivity index (χ0n) is 9.57. The quantitative estimate of drug-likeness (QED) is 0.651. The number of carbonyl (C=O) groups excluding carboxylic acids is 2. The Morgan fingerprint density at radius 1 is 1.47 bits per heavy atom. The van der Waals surface area contributed by atoms with Crippen molar-refractivity contribution in [3.05, 3.63) is 28.8 Å². The van der Waals surface area contributed by atoms with Crippen LogP contribution in [0.3, 0.4) is 0 Å². The van der Waals surface area contributed by atoms with E-state index in [1.165, 1.54) is 19.1 Å². The number of carbonyl (C=O) groups is 2. The molecule has 0 atom stereocenters. The van der Waals surface area contributed by atoms with Gasteiger partial charge in [-0.2, -0.15) is 0 Å². The Bertz CT molecular complexity index is 448. The van der Waals surface area contributed by atoms with Crippen LogP contribution in [0.1, 0.15) is 10.4 Å². The maximum atomic E-state index is 11.9. The minimum atomic E-state index is -0.499. The van der Waals surface area contributed by atoms with Gasteiger partial charge in [-0.25, -0.2) is 0 Å². The number of anilines is 1. The van der Waals surface area contributed by atoms with Crippen molar-refractivity contribution in [1.29, 1.82) is 0 Å². The number of halogens is 1. The third-order valence-corrected chi connectivity index (χ3v) is 2.55. The Kier molecular flexibility index (Phi) is 4.34. The molecule has 0 fully saturated rings. The molecule has 17 heavy (non-hydrogen) atoms. The zero-order chi connectivity index (χ0) is 13.0. The van der Waals surface area contributed by atoms with Crippen molar-refractivity contribution in [3.63, 3.8) is 0 Å². The molecular formula is C11H13ClN2O3. The number of nitrogen functional groups attached to an aromatic ring is 1. The van der Waals surface area contributed by atoms with Crippen LogP contribution in [0.4, 0.5) is 5.69 Å². The van der Waals surface area contributed by atoms with Gasteiger partial charge in [0.25, 0.3) is 5.91 Å². The van der Waals surface area contributed by atoms with E-state index in [2.05, 4.69) is 4.74 Å². The summed E-state index contributed by atoms with van der Waals surface area (Å²) in [5.41, 5.74) is 6.16. The Hall–Kier alpha value is -1.75. The van der Waals surface area contributed by atoms with Crippen LogP contribution in [-0.2, 0) is 9.53 Å². The number of methoxy groups -OCH3 is 1. The second-order valence-electron chi connectivity index (χ2n) is 3.44. The lowest BCUT2D eigenvalue weighted by Crippen LogP contribution is -2.33. The van der Waals surface area contributed by atoms with Gasteiger partial charge in [-0.15, -0.1) is 0 Å². The lowest BCUT2D eigenvalue weighted by Gasteiger charge is -2.16. The molecule has 0 spiro atoms. The molecule has 0 aliphatic heterocycles. The summed E-state index contributed by atoms with van der Waals surface area (Å²) in [7, 11) is 2.74. The predicted octanol–water partition coefficient (Wildman–Crippen LogP) is 1.17. The van der Waals surface area contributed by atoms with Gasteiger partial charge in [-0.05, 0) is 12.1 Å². The highest BCUT2D eigenvalue weighted by atomic mass is 35.5. The van der Waals surface area contributed by atoms with Gasteiger partial charge in [-0.3, -0.25) is 9.59 Å². The van der Waals surface area contributed by atoms with E-state index in [0.717, 1.165) is 0 Å². The van der Waals surface area contributed by atoms with Crippen LogP contribution < -0.4 is 5.73 Å². The molecule has 5 nitrogen and oxygen atoms in total. The largest absolute Gasteiger partial charge is 0.468 e. The normalized spacial score (nSPS) is 9.82. The summed E-state index contributed by atoms with van der Waals surface area (Å²) >= 11 is 5.81. The molecule has 0 heterocycles. The Morgan fingerprint density at radius 2 is 2.12 bits per heavy atom. The summed E-state index contributed by atoms with van der Waals surface area (Å²) in [6.07, 6.45) is 0. The van der Waals surface area contributed by atoms with Gasteiger partial charge in [0.1, 0.15) is 6.54 Å². The number of likely N-dealkylation sites (N-methyl/N-ethyl adjacent to an activating group) is 1. The zero-order valence-corrected chi connectivity index (χ0v) is 10.3. The van der Waals surface area contributed by atoms with Gasteiger partial charge in [0, 0.05) is 7.05 Å². The molecule has 1 rings (SSSR count). The van der Waals surface area contributed by atoms with Crippen molar-refractivity contribution in [3.8, 4) is 0 Å². The average Bonchev–Trinajstić information content (AvgIpc) is 2.31. The van der Waals surface area contributed by atoms with Gasteiger partial charge in [0.15, 0.2) is 0 Å². The highest BCUT2D eigenvalue weighted by Gasteiger charge is 2.18. The SMILES string of the molecule is COC(=O)CN(C)C(=O)c1cccc(Cl)c1N. The summed E-state index contributed by atoms with van der Waals surface area (Å²) in [4.78, 5) is 24.2. The monoisotopic (exact) mass is 256 g/mol. The van der Waals surface area contributed by atoms with Crippen LogP contribution >= 0.6 is 11.6 Å². The lowest BCUT2D eigenvalue weighted by atomic mass is 10.1. The molecule has 2 N–H and O–H groups in total. The van der Waals surface area contributed by atoms with Crippen molar-refractivity contribution in [2.45, 2.75) is 0 Å². The first kappa shape index (κ1) is 13.3. The van der Waals surface area contributed by atoms with Crippen molar-refractivity contribution in [1.82, 2.24) is 4.90 Å².